The summed E-state index contributed by atoms with van der Waals surface area (Å²) in [6.07, 6.45) is 1.39. The summed E-state index contributed by atoms with van der Waals surface area (Å²) in [5.41, 5.74) is 0. The van der Waals surface area contributed by atoms with Gasteiger partial charge in [-0.05, 0) is 19.4 Å². The molecular formula is C10H18N2O3. The van der Waals surface area contributed by atoms with Crippen LogP contribution in [0.3, 0.4) is 0 Å². The molecule has 1 aliphatic rings. The Bertz CT molecular complexity index is 237. The Morgan fingerprint density at radius 2 is 2.33 bits per heavy atom. The van der Waals surface area contributed by atoms with Crippen LogP contribution in [0.1, 0.15) is 19.8 Å². The zero-order chi connectivity index (χ0) is 11.3. The fourth-order valence-corrected chi connectivity index (χ4v) is 1.64. The van der Waals surface area contributed by atoms with Crippen molar-refractivity contribution in [2.45, 2.75) is 25.8 Å². The largest absolute Gasteiger partial charge is 0.467 e. The molecule has 1 saturated heterocycles. The van der Waals surface area contributed by atoms with Gasteiger partial charge in [0.2, 0.25) is 5.91 Å². The van der Waals surface area contributed by atoms with E-state index in [2.05, 4.69) is 15.4 Å². The predicted molar refractivity (Wildman–Crippen MR) is 55.2 cm³/mol. The van der Waals surface area contributed by atoms with E-state index in [0.717, 1.165) is 13.0 Å². The standard InChI is InChI=1S/C10H18N2O3/c1-3-8(10(14)15-2)12-9(13)7-4-5-11-6-7/h7-8,11H,3-6H2,1-2H3,(H,12,13)/t7-,8?/m0/s1. The summed E-state index contributed by atoms with van der Waals surface area (Å²) >= 11 is 0. The van der Waals surface area contributed by atoms with Gasteiger partial charge in [-0.15, -0.1) is 0 Å². The highest BCUT2D eigenvalue weighted by Gasteiger charge is 2.26. The van der Waals surface area contributed by atoms with Crippen LogP contribution in [0.5, 0.6) is 0 Å². The average molecular weight is 214 g/mol. The number of hydrogen-bond acceptors (Lipinski definition) is 4. The van der Waals surface area contributed by atoms with E-state index in [0.29, 0.717) is 13.0 Å². The lowest BCUT2D eigenvalue weighted by molar-refractivity contribution is -0.145. The van der Waals surface area contributed by atoms with E-state index in [1.807, 2.05) is 6.92 Å². The van der Waals surface area contributed by atoms with Crippen LogP contribution in [0.4, 0.5) is 0 Å². The molecule has 1 heterocycles. The van der Waals surface area contributed by atoms with Crippen LogP contribution in [0.25, 0.3) is 0 Å². The number of hydrogen-bond donors (Lipinski definition) is 2. The lowest BCUT2D eigenvalue weighted by Gasteiger charge is -2.16. The molecule has 0 aromatic heterocycles. The topological polar surface area (TPSA) is 67.4 Å². The van der Waals surface area contributed by atoms with Crippen molar-refractivity contribution in [3.8, 4) is 0 Å². The van der Waals surface area contributed by atoms with Gasteiger partial charge in [-0.2, -0.15) is 0 Å². The van der Waals surface area contributed by atoms with E-state index in [9.17, 15) is 9.59 Å². The molecule has 1 unspecified atom stereocenters. The van der Waals surface area contributed by atoms with E-state index >= 15 is 0 Å². The molecule has 0 spiro atoms. The number of amides is 1. The lowest BCUT2D eigenvalue weighted by atomic mass is 10.1. The SMILES string of the molecule is CCC(NC(=O)[C@H]1CCNC1)C(=O)OC. The highest BCUT2D eigenvalue weighted by molar-refractivity contribution is 5.85. The van der Waals surface area contributed by atoms with Crippen LogP contribution in [0.15, 0.2) is 0 Å². The van der Waals surface area contributed by atoms with Gasteiger partial charge in [0.05, 0.1) is 13.0 Å². The highest BCUT2D eigenvalue weighted by Crippen LogP contribution is 2.08. The zero-order valence-corrected chi connectivity index (χ0v) is 9.21. The van der Waals surface area contributed by atoms with Gasteiger partial charge in [-0.1, -0.05) is 6.92 Å². The summed E-state index contributed by atoms with van der Waals surface area (Å²) in [4.78, 5) is 22.9. The van der Waals surface area contributed by atoms with Crippen LogP contribution in [-0.4, -0.2) is 38.1 Å². The molecular weight excluding hydrogens is 196 g/mol. The first-order valence-electron chi connectivity index (χ1n) is 5.28. The van der Waals surface area contributed by atoms with Crippen molar-refractivity contribution in [3.05, 3.63) is 0 Å². The summed E-state index contributed by atoms with van der Waals surface area (Å²) in [5, 5.41) is 5.82. The number of ether oxygens (including phenoxy) is 1. The van der Waals surface area contributed by atoms with E-state index in [1.54, 1.807) is 0 Å². The minimum atomic E-state index is -0.511. The normalized spacial score (nSPS) is 22.1. The van der Waals surface area contributed by atoms with Gasteiger partial charge < -0.3 is 15.4 Å². The van der Waals surface area contributed by atoms with Gasteiger partial charge in [-0.25, -0.2) is 4.79 Å². The Morgan fingerprint density at radius 3 is 2.80 bits per heavy atom. The molecule has 0 aliphatic carbocycles. The van der Waals surface area contributed by atoms with Gasteiger partial charge in [-0.3, -0.25) is 4.79 Å². The smallest absolute Gasteiger partial charge is 0.328 e. The summed E-state index contributed by atoms with van der Waals surface area (Å²) < 4.78 is 4.60. The summed E-state index contributed by atoms with van der Waals surface area (Å²) in [6, 6.07) is -0.511. The molecule has 1 fully saturated rings. The Hall–Kier alpha value is -1.10. The second kappa shape index (κ2) is 5.70. The third kappa shape index (κ3) is 3.20. The maximum Gasteiger partial charge on any atom is 0.328 e. The number of carbonyl (C=O) groups is 2. The fraction of sp³-hybridized carbons (Fsp3) is 0.800. The van der Waals surface area contributed by atoms with Crippen LogP contribution in [-0.2, 0) is 14.3 Å². The monoisotopic (exact) mass is 214 g/mol. The van der Waals surface area contributed by atoms with Gasteiger partial charge in [0.25, 0.3) is 0 Å². The second-order valence-electron chi connectivity index (χ2n) is 3.68. The second-order valence-corrected chi connectivity index (χ2v) is 3.68. The molecule has 1 aliphatic heterocycles. The summed E-state index contributed by atoms with van der Waals surface area (Å²) in [5.74, 6) is -0.447. The number of esters is 1. The van der Waals surface area contributed by atoms with Crippen LogP contribution in [0, 0.1) is 5.92 Å². The molecule has 2 atom stereocenters. The minimum absolute atomic E-state index is 0.0105. The Balaban J connectivity index is 2.43. The summed E-state index contributed by atoms with van der Waals surface area (Å²) in [6.45, 7) is 3.41. The number of methoxy groups -OCH3 is 1. The van der Waals surface area contributed by atoms with E-state index < -0.39 is 6.04 Å². The van der Waals surface area contributed by atoms with E-state index in [4.69, 9.17) is 0 Å². The third-order valence-electron chi connectivity index (χ3n) is 2.64. The molecule has 1 amide bonds. The van der Waals surface area contributed by atoms with Gasteiger partial charge in [0, 0.05) is 6.54 Å². The number of nitrogens with one attached hydrogen (secondary N) is 2. The van der Waals surface area contributed by atoms with E-state index in [-0.39, 0.29) is 17.8 Å². The predicted octanol–water partition coefficient (Wildman–Crippen LogP) is -0.336. The molecule has 0 radical (unpaired) electrons. The molecule has 86 valence electrons. The first-order chi connectivity index (χ1) is 7.19. The molecule has 0 saturated carbocycles. The van der Waals surface area contributed by atoms with Crippen molar-refractivity contribution in [3.63, 3.8) is 0 Å². The van der Waals surface area contributed by atoms with Crippen molar-refractivity contribution in [2.75, 3.05) is 20.2 Å². The number of rotatable bonds is 4. The Labute approximate surface area is 89.6 Å². The van der Waals surface area contributed by atoms with Crippen molar-refractivity contribution < 1.29 is 14.3 Å². The van der Waals surface area contributed by atoms with Crippen LogP contribution in [0.2, 0.25) is 0 Å². The molecule has 0 aromatic carbocycles. The maximum absolute atomic E-state index is 11.7. The molecule has 0 bridgehead atoms. The number of carbonyl (C=O) groups excluding carboxylic acids is 2. The van der Waals surface area contributed by atoms with E-state index in [1.165, 1.54) is 7.11 Å². The van der Waals surface area contributed by atoms with Crippen molar-refractivity contribution in [2.24, 2.45) is 5.92 Å². The van der Waals surface area contributed by atoms with Gasteiger partial charge in [0.15, 0.2) is 0 Å². The van der Waals surface area contributed by atoms with Crippen molar-refractivity contribution >= 4 is 11.9 Å². The van der Waals surface area contributed by atoms with Crippen LogP contribution >= 0.6 is 0 Å². The fourth-order valence-electron chi connectivity index (χ4n) is 1.64. The molecule has 0 aromatic rings. The molecule has 2 N–H and O–H groups in total. The molecule has 15 heavy (non-hydrogen) atoms. The minimum Gasteiger partial charge on any atom is -0.467 e. The third-order valence-corrected chi connectivity index (χ3v) is 2.64. The average Bonchev–Trinajstić information content (AvgIpc) is 2.77. The quantitative estimate of drug-likeness (QED) is 0.628. The first-order valence-corrected chi connectivity index (χ1v) is 5.28. The molecule has 5 nitrogen and oxygen atoms in total. The summed E-state index contributed by atoms with van der Waals surface area (Å²) in [7, 11) is 1.33. The van der Waals surface area contributed by atoms with Gasteiger partial charge in [0.1, 0.15) is 6.04 Å². The van der Waals surface area contributed by atoms with Crippen molar-refractivity contribution in [1.82, 2.24) is 10.6 Å². The molecule has 1 rings (SSSR count). The highest BCUT2D eigenvalue weighted by atomic mass is 16.5. The molecule has 5 heteroatoms. The maximum atomic E-state index is 11.7. The van der Waals surface area contributed by atoms with Crippen LogP contribution < -0.4 is 10.6 Å². The first kappa shape index (κ1) is 12.0. The van der Waals surface area contributed by atoms with Crippen molar-refractivity contribution in [1.29, 1.82) is 0 Å². The Morgan fingerprint density at radius 1 is 1.60 bits per heavy atom. The van der Waals surface area contributed by atoms with Gasteiger partial charge >= 0.3 is 5.97 Å². The zero-order valence-electron chi connectivity index (χ0n) is 9.21. The lowest BCUT2D eigenvalue weighted by Crippen LogP contribution is -2.44. The Kier molecular flexibility index (Phi) is 4.55.